The molecule has 1 aliphatic rings. The van der Waals surface area contributed by atoms with E-state index < -0.39 is 0 Å². The normalized spacial score (nSPS) is 15.1. The van der Waals surface area contributed by atoms with Gasteiger partial charge in [0.15, 0.2) is 5.96 Å². The molecule has 0 bridgehead atoms. The van der Waals surface area contributed by atoms with E-state index in [-0.39, 0.29) is 11.3 Å². The van der Waals surface area contributed by atoms with Crippen LogP contribution in [-0.2, 0) is 5.41 Å². The fourth-order valence-corrected chi connectivity index (χ4v) is 3.72. The minimum atomic E-state index is -0.126. The second-order valence-electron chi connectivity index (χ2n) is 6.61. The molecule has 27 heavy (non-hydrogen) atoms. The summed E-state index contributed by atoms with van der Waals surface area (Å²) in [4.78, 5) is 20.2. The van der Waals surface area contributed by atoms with Gasteiger partial charge in [-0.2, -0.15) is 0 Å². The zero-order valence-electron chi connectivity index (χ0n) is 15.3. The molecule has 142 valence electrons. The number of benzene rings is 1. The summed E-state index contributed by atoms with van der Waals surface area (Å²) in [6.45, 7) is 1.93. The molecule has 1 aromatic heterocycles. The molecular formula is C20H24BrN5O. The Morgan fingerprint density at radius 1 is 1.15 bits per heavy atom. The van der Waals surface area contributed by atoms with E-state index in [1.807, 2.05) is 6.07 Å². The van der Waals surface area contributed by atoms with Gasteiger partial charge in [0.25, 0.3) is 5.91 Å². The van der Waals surface area contributed by atoms with E-state index in [4.69, 9.17) is 0 Å². The Balaban J connectivity index is 1.43. The van der Waals surface area contributed by atoms with Gasteiger partial charge in [-0.1, -0.05) is 34.1 Å². The number of hydrogen-bond acceptors (Lipinski definition) is 3. The minimum absolute atomic E-state index is 0.126. The number of carbonyl (C=O) groups excluding carboxylic acids is 1. The molecule has 1 saturated carbocycles. The molecule has 6 nitrogen and oxygen atoms in total. The molecule has 1 aromatic carbocycles. The number of nitrogens with one attached hydrogen (secondary N) is 3. The predicted molar refractivity (Wildman–Crippen MR) is 111 cm³/mol. The fraction of sp³-hybridized carbons (Fsp3) is 0.350. The fourth-order valence-electron chi connectivity index (χ4n) is 3.01. The number of carbonyl (C=O) groups is 1. The highest BCUT2D eigenvalue weighted by atomic mass is 79.9. The van der Waals surface area contributed by atoms with Crippen LogP contribution in [0.2, 0.25) is 0 Å². The van der Waals surface area contributed by atoms with Gasteiger partial charge in [0.05, 0.1) is 5.56 Å². The second-order valence-corrected chi connectivity index (χ2v) is 7.46. The van der Waals surface area contributed by atoms with Crippen molar-refractivity contribution in [3.8, 4) is 0 Å². The molecule has 1 fully saturated rings. The van der Waals surface area contributed by atoms with Gasteiger partial charge in [0.2, 0.25) is 0 Å². The van der Waals surface area contributed by atoms with E-state index in [1.54, 1.807) is 31.6 Å². The first-order valence-electron chi connectivity index (χ1n) is 9.02. The Kier molecular flexibility index (Phi) is 6.45. The molecule has 1 aliphatic carbocycles. The number of nitrogens with zero attached hydrogens (tertiary/aromatic N) is 2. The molecule has 0 saturated heterocycles. The van der Waals surface area contributed by atoms with Gasteiger partial charge in [-0.3, -0.25) is 14.8 Å². The highest BCUT2D eigenvalue weighted by molar-refractivity contribution is 9.10. The highest BCUT2D eigenvalue weighted by Gasteiger charge is 2.45. The summed E-state index contributed by atoms with van der Waals surface area (Å²) < 4.78 is 1.16. The molecule has 0 radical (unpaired) electrons. The van der Waals surface area contributed by atoms with Crippen LogP contribution in [0.25, 0.3) is 0 Å². The second kappa shape index (κ2) is 8.99. The SMILES string of the molecule is CN=C(NCCNC(=O)c1cccnc1)NCC1(c2ccccc2Br)CC1. The zero-order valence-corrected chi connectivity index (χ0v) is 16.9. The molecule has 7 heteroatoms. The van der Waals surface area contributed by atoms with Crippen LogP contribution in [0.15, 0.2) is 58.3 Å². The van der Waals surface area contributed by atoms with Crippen molar-refractivity contribution in [2.45, 2.75) is 18.3 Å². The summed E-state index contributed by atoms with van der Waals surface area (Å²) >= 11 is 3.66. The van der Waals surface area contributed by atoms with Crippen molar-refractivity contribution in [3.63, 3.8) is 0 Å². The maximum Gasteiger partial charge on any atom is 0.252 e. The number of halogens is 1. The molecule has 3 N–H and O–H groups in total. The van der Waals surface area contributed by atoms with Crippen LogP contribution in [0.4, 0.5) is 0 Å². The molecule has 0 aliphatic heterocycles. The van der Waals surface area contributed by atoms with Crippen LogP contribution in [0.1, 0.15) is 28.8 Å². The van der Waals surface area contributed by atoms with Gasteiger partial charge < -0.3 is 16.0 Å². The summed E-state index contributed by atoms with van der Waals surface area (Å²) in [7, 11) is 1.75. The Morgan fingerprint density at radius 2 is 1.93 bits per heavy atom. The predicted octanol–water partition coefficient (Wildman–Crippen LogP) is 2.47. The van der Waals surface area contributed by atoms with Crippen molar-refractivity contribution >= 4 is 27.8 Å². The Labute approximate surface area is 168 Å². The van der Waals surface area contributed by atoms with Crippen LogP contribution in [-0.4, -0.2) is 43.5 Å². The molecule has 0 unspecified atom stereocenters. The van der Waals surface area contributed by atoms with Gasteiger partial charge >= 0.3 is 0 Å². The van der Waals surface area contributed by atoms with E-state index in [0.717, 1.165) is 17.0 Å². The molecule has 0 atom stereocenters. The largest absolute Gasteiger partial charge is 0.356 e. The van der Waals surface area contributed by atoms with Gasteiger partial charge in [-0.05, 0) is 36.6 Å². The monoisotopic (exact) mass is 429 g/mol. The molecule has 2 aromatic rings. The standard InChI is InChI=1S/C20H24BrN5O/c1-22-19(25-12-11-24-18(27)15-5-4-10-23-13-15)26-14-20(8-9-20)16-6-2-3-7-17(16)21/h2-7,10,13H,8-9,11-12,14H2,1H3,(H,24,27)(H2,22,25,26). The summed E-state index contributed by atoms with van der Waals surface area (Å²) in [5.41, 5.74) is 2.08. The third-order valence-corrected chi connectivity index (χ3v) is 5.43. The Bertz CT molecular complexity index is 805. The maximum atomic E-state index is 12.0. The number of amides is 1. The first-order valence-corrected chi connectivity index (χ1v) is 9.82. The lowest BCUT2D eigenvalue weighted by Gasteiger charge is -2.20. The van der Waals surface area contributed by atoms with Crippen LogP contribution in [0.5, 0.6) is 0 Å². The van der Waals surface area contributed by atoms with E-state index >= 15 is 0 Å². The van der Waals surface area contributed by atoms with Crippen molar-refractivity contribution < 1.29 is 4.79 Å². The minimum Gasteiger partial charge on any atom is -0.356 e. The van der Waals surface area contributed by atoms with Crippen molar-refractivity contribution in [3.05, 3.63) is 64.4 Å². The van der Waals surface area contributed by atoms with Crippen molar-refractivity contribution in [1.82, 2.24) is 20.9 Å². The van der Waals surface area contributed by atoms with E-state index in [2.05, 4.69) is 60.1 Å². The number of aromatic nitrogens is 1. The third kappa shape index (κ3) is 5.07. The lowest BCUT2D eigenvalue weighted by Crippen LogP contribution is -2.44. The quantitative estimate of drug-likeness (QED) is 0.358. The van der Waals surface area contributed by atoms with Gasteiger partial charge in [-0.25, -0.2) is 0 Å². The van der Waals surface area contributed by atoms with Crippen molar-refractivity contribution in [2.24, 2.45) is 4.99 Å². The molecule has 3 rings (SSSR count). The smallest absolute Gasteiger partial charge is 0.252 e. The van der Waals surface area contributed by atoms with E-state index in [9.17, 15) is 4.79 Å². The number of rotatable bonds is 7. The molecular weight excluding hydrogens is 406 g/mol. The first kappa shape index (κ1) is 19.4. The van der Waals surface area contributed by atoms with Gasteiger partial charge in [0, 0.05) is 49.0 Å². The summed E-state index contributed by atoms with van der Waals surface area (Å²) in [5, 5.41) is 9.52. The van der Waals surface area contributed by atoms with Crippen LogP contribution in [0.3, 0.4) is 0 Å². The summed E-state index contributed by atoms with van der Waals surface area (Å²) in [6, 6.07) is 11.9. The maximum absolute atomic E-state index is 12.0. The number of hydrogen-bond donors (Lipinski definition) is 3. The van der Waals surface area contributed by atoms with Gasteiger partial charge in [-0.15, -0.1) is 0 Å². The summed E-state index contributed by atoms with van der Waals surface area (Å²) in [5.74, 6) is 0.614. The first-order chi connectivity index (χ1) is 13.1. The van der Waals surface area contributed by atoms with Crippen molar-refractivity contribution in [2.75, 3.05) is 26.7 Å². The van der Waals surface area contributed by atoms with E-state index in [1.165, 1.54) is 18.4 Å². The lowest BCUT2D eigenvalue weighted by molar-refractivity contribution is 0.0954. The summed E-state index contributed by atoms with van der Waals surface area (Å²) in [6.07, 6.45) is 5.54. The van der Waals surface area contributed by atoms with Crippen LogP contribution < -0.4 is 16.0 Å². The molecule has 0 spiro atoms. The third-order valence-electron chi connectivity index (χ3n) is 4.74. The Hall–Kier alpha value is -2.41. The number of pyridine rings is 1. The van der Waals surface area contributed by atoms with Crippen molar-refractivity contribution in [1.29, 1.82) is 0 Å². The Morgan fingerprint density at radius 3 is 2.59 bits per heavy atom. The van der Waals surface area contributed by atoms with E-state index in [0.29, 0.717) is 18.7 Å². The number of guanidine groups is 1. The average molecular weight is 430 g/mol. The van der Waals surface area contributed by atoms with Crippen LogP contribution in [0, 0.1) is 0 Å². The number of aliphatic imine (C=N–C) groups is 1. The topological polar surface area (TPSA) is 78.4 Å². The average Bonchev–Trinajstić information content (AvgIpc) is 3.49. The van der Waals surface area contributed by atoms with Gasteiger partial charge in [0.1, 0.15) is 0 Å². The zero-order chi connectivity index (χ0) is 19.1. The van der Waals surface area contributed by atoms with Crippen LogP contribution >= 0.6 is 15.9 Å². The lowest BCUT2D eigenvalue weighted by atomic mass is 9.96. The molecule has 1 amide bonds. The highest BCUT2D eigenvalue weighted by Crippen LogP contribution is 2.49. The molecule has 1 heterocycles.